The number of hydrogen-bond acceptors (Lipinski definition) is 0. The molecule has 0 N–H and O–H groups in total. The van der Waals surface area contributed by atoms with Gasteiger partial charge in [0.1, 0.15) is 0 Å². The van der Waals surface area contributed by atoms with E-state index in [1.165, 1.54) is 6.42 Å². The molecule has 2 unspecified atom stereocenters. The van der Waals surface area contributed by atoms with Gasteiger partial charge in [0, 0.05) is 5.25 Å². The van der Waals surface area contributed by atoms with E-state index in [2.05, 4.69) is 27.7 Å². The van der Waals surface area contributed by atoms with E-state index in [1.54, 1.807) is 0 Å². The van der Waals surface area contributed by atoms with Gasteiger partial charge >= 0.3 is 0 Å². The van der Waals surface area contributed by atoms with Gasteiger partial charge in [0.2, 0.25) is 0 Å². The minimum atomic E-state index is 0.468. The number of rotatable bonds is 3. The van der Waals surface area contributed by atoms with Crippen molar-refractivity contribution in [1.82, 2.24) is 0 Å². The first-order chi connectivity index (χ1) is 4.09. The van der Waals surface area contributed by atoms with E-state index in [-0.39, 0.29) is 0 Å². The average molecular weight is 145 g/mol. The predicted octanol–water partition coefficient (Wildman–Crippen LogP) is 3.25. The van der Waals surface area contributed by atoms with Gasteiger partial charge in [-0.1, -0.05) is 46.7 Å². The third-order valence-corrected chi connectivity index (χ3v) is 2.87. The van der Waals surface area contributed by atoms with Crippen molar-refractivity contribution in [1.29, 1.82) is 0 Å². The van der Waals surface area contributed by atoms with Gasteiger partial charge in [0.25, 0.3) is 0 Å². The Hall–Kier alpha value is 0.350. The van der Waals surface area contributed by atoms with Crippen LogP contribution >= 0.6 is 12.6 Å². The molecule has 0 amide bonds. The van der Waals surface area contributed by atoms with E-state index in [9.17, 15) is 0 Å². The van der Waals surface area contributed by atoms with Crippen LogP contribution in [-0.4, -0.2) is 5.25 Å². The molecule has 0 nitrogen and oxygen atoms in total. The summed E-state index contributed by atoms with van der Waals surface area (Å²) < 4.78 is 0. The van der Waals surface area contributed by atoms with Crippen molar-refractivity contribution in [2.24, 2.45) is 11.8 Å². The fourth-order valence-electron chi connectivity index (χ4n) is 0.889. The first-order valence-electron chi connectivity index (χ1n) is 3.75. The standard InChI is InChI=1S/C8H17S/c1-5-7(4)8(9)6(2)3/h6-8H,5H2,1-4H3. The Morgan fingerprint density at radius 1 is 1.22 bits per heavy atom. The quantitative estimate of drug-likeness (QED) is 0.572. The van der Waals surface area contributed by atoms with Crippen molar-refractivity contribution >= 4 is 12.6 Å². The van der Waals surface area contributed by atoms with Gasteiger partial charge in [-0.05, 0) is 11.8 Å². The molecule has 0 heterocycles. The van der Waals surface area contributed by atoms with Crippen molar-refractivity contribution in [3.8, 4) is 0 Å². The van der Waals surface area contributed by atoms with Crippen LogP contribution < -0.4 is 0 Å². The molecule has 0 fully saturated rings. The SMILES string of the molecule is CCC(C)C([S])C(C)C. The van der Waals surface area contributed by atoms with Gasteiger partial charge in [-0.3, -0.25) is 0 Å². The second kappa shape index (κ2) is 4.21. The fraction of sp³-hybridized carbons (Fsp3) is 1.00. The smallest absolute Gasteiger partial charge is 0.0200 e. The summed E-state index contributed by atoms with van der Waals surface area (Å²) in [6, 6.07) is 0. The molecular formula is C8H17S. The van der Waals surface area contributed by atoms with Gasteiger partial charge in [0.15, 0.2) is 0 Å². The van der Waals surface area contributed by atoms with Gasteiger partial charge < -0.3 is 0 Å². The van der Waals surface area contributed by atoms with Gasteiger partial charge in [-0.2, -0.15) is 0 Å². The molecule has 0 bridgehead atoms. The van der Waals surface area contributed by atoms with Crippen molar-refractivity contribution in [2.45, 2.75) is 39.4 Å². The fourth-order valence-corrected chi connectivity index (χ4v) is 1.08. The molecule has 0 aromatic rings. The molecule has 0 saturated heterocycles. The third kappa shape index (κ3) is 3.14. The minimum absolute atomic E-state index is 0.468. The summed E-state index contributed by atoms with van der Waals surface area (Å²) in [5.41, 5.74) is 0. The summed E-state index contributed by atoms with van der Waals surface area (Å²) in [7, 11) is 0. The van der Waals surface area contributed by atoms with Crippen LogP contribution in [0.1, 0.15) is 34.1 Å². The lowest BCUT2D eigenvalue weighted by atomic mass is 9.96. The first-order valence-corrected chi connectivity index (χ1v) is 4.22. The summed E-state index contributed by atoms with van der Waals surface area (Å²) in [6.45, 7) is 8.83. The van der Waals surface area contributed by atoms with E-state index in [1.807, 2.05) is 0 Å². The zero-order valence-corrected chi connectivity index (χ0v) is 7.66. The highest BCUT2D eigenvalue weighted by atomic mass is 32.1. The monoisotopic (exact) mass is 145 g/mol. The van der Waals surface area contributed by atoms with Crippen LogP contribution in [0, 0.1) is 11.8 Å². The zero-order valence-electron chi connectivity index (χ0n) is 6.85. The second-order valence-corrected chi connectivity index (χ2v) is 3.64. The topological polar surface area (TPSA) is 0 Å². The van der Waals surface area contributed by atoms with Crippen LogP contribution in [0.25, 0.3) is 0 Å². The summed E-state index contributed by atoms with van der Waals surface area (Å²) in [4.78, 5) is 0. The molecule has 0 rings (SSSR count). The van der Waals surface area contributed by atoms with Gasteiger partial charge in [0.05, 0.1) is 0 Å². The zero-order chi connectivity index (χ0) is 7.44. The predicted molar refractivity (Wildman–Crippen MR) is 45.7 cm³/mol. The van der Waals surface area contributed by atoms with E-state index in [0.717, 1.165) is 0 Å². The molecule has 2 atom stereocenters. The van der Waals surface area contributed by atoms with Crippen molar-refractivity contribution in [3.05, 3.63) is 0 Å². The largest absolute Gasteiger partial charge is 0.0899 e. The Kier molecular flexibility index (Phi) is 4.37. The Balaban J connectivity index is 3.58. The maximum absolute atomic E-state index is 5.28. The highest BCUT2D eigenvalue weighted by Crippen LogP contribution is 2.20. The van der Waals surface area contributed by atoms with Crippen LogP contribution in [0.2, 0.25) is 0 Å². The summed E-state index contributed by atoms with van der Waals surface area (Å²) >= 11 is 5.28. The van der Waals surface area contributed by atoms with E-state index in [0.29, 0.717) is 17.1 Å². The van der Waals surface area contributed by atoms with Crippen molar-refractivity contribution < 1.29 is 0 Å². The highest BCUT2D eigenvalue weighted by molar-refractivity contribution is 7.81. The van der Waals surface area contributed by atoms with Crippen LogP contribution in [0.15, 0.2) is 0 Å². The molecule has 0 aliphatic heterocycles. The summed E-state index contributed by atoms with van der Waals surface area (Å²) in [5.74, 6) is 1.37. The molecule has 0 spiro atoms. The van der Waals surface area contributed by atoms with E-state index < -0.39 is 0 Å². The Bertz CT molecular complexity index is 69.0. The van der Waals surface area contributed by atoms with Gasteiger partial charge in [-0.15, -0.1) is 0 Å². The van der Waals surface area contributed by atoms with Crippen molar-refractivity contribution in [2.75, 3.05) is 0 Å². The molecule has 0 aromatic carbocycles. The molecule has 0 aliphatic carbocycles. The molecule has 0 saturated carbocycles. The molecular weight excluding hydrogens is 128 g/mol. The minimum Gasteiger partial charge on any atom is -0.0899 e. The lowest BCUT2D eigenvalue weighted by Crippen LogP contribution is -2.16. The lowest BCUT2D eigenvalue weighted by Gasteiger charge is -2.19. The molecule has 0 aliphatic rings. The Morgan fingerprint density at radius 2 is 1.67 bits per heavy atom. The lowest BCUT2D eigenvalue weighted by molar-refractivity contribution is 0.448. The van der Waals surface area contributed by atoms with Gasteiger partial charge in [-0.25, -0.2) is 0 Å². The van der Waals surface area contributed by atoms with E-state index in [4.69, 9.17) is 12.6 Å². The third-order valence-electron chi connectivity index (χ3n) is 1.86. The van der Waals surface area contributed by atoms with Crippen LogP contribution in [0.5, 0.6) is 0 Å². The summed E-state index contributed by atoms with van der Waals surface area (Å²) in [5, 5.41) is 0.468. The van der Waals surface area contributed by atoms with Crippen molar-refractivity contribution in [3.63, 3.8) is 0 Å². The second-order valence-electron chi connectivity index (χ2n) is 3.09. The molecule has 1 radical (unpaired) electrons. The molecule has 1 heteroatoms. The highest BCUT2D eigenvalue weighted by Gasteiger charge is 2.14. The van der Waals surface area contributed by atoms with Crippen LogP contribution in [-0.2, 0) is 0 Å². The normalized spacial score (nSPS) is 18.0. The Morgan fingerprint density at radius 3 is 1.78 bits per heavy atom. The average Bonchev–Trinajstić information content (AvgIpc) is 1.84. The first kappa shape index (κ1) is 9.35. The Labute approximate surface area is 64.4 Å². The molecule has 55 valence electrons. The molecule has 0 aromatic heterocycles. The molecule has 9 heavy (non-hydrogen) atoms. The van der Waals surface area contributed by atoms with Crippen LogP contribution in [0.4, 0.5) is 0 Å². The van der Waals surface area contributed by atoms with Crippen LogP contribution in [0.3, 0.4) is 0 Å². The maximum atomic E-state index is 5.28. The number of hydrogen-bond donors (Lipinski definition) is 0. The maximum Gasteiger partial charge on any atom is 0.0200 e. The summed E-state index contributed by atoms with van der Waals surface area (Å²) in [6.07, 6.45) is 1.21. The van der Waals surface area contributed by atoms with E-state index >= 15 is 0 Å².